The number of fused-ring (bicyclic) bond motifs is 12. The molecule has 2 aromatic heterocycles. The van der Waals surface area contributed by atoms with Crippen molar-refractivity contribution in [2.24, 2.45) is 0 Å². The number of nitrogens with zero attached hydrogens (tertiary/aromatic N) is 5. The van der Waals surface area contributed by atoms with Gasteiger partial charge < -0.3 is 4.90 Å². The van der Waals surface area contributed by atoms with Gasteiger partial charge in [-0.2, -0.15) is 9.97 Å². The number of rotatable bonds is 6. The van der Waals surface area contributed by atoms with E-state index in [-0.39, 0.29) is 10.8 Å². The molecule has 0 amide bonds. The zero-order valence-electron chi connectivity index (χ0n) is 39.9. The van der Waals surface area contributed by atoms with E-state index < -0.39 is 10.8 Å². The van der Waals surface area contributed by atoms with E-state index in [1.807, 2.05) is 6.07 Å². The topological polar surface area (TPSA) is 46.8 Å². The smallest absolute Gasteiger partial charge is 0.238 e. The summed E-state index contributed by atoms with van der Waals surface area (Å²) in [6, 6.07) is 62.8. The highest BCUT2D eigenvalue weighted by atomic mass is 15.2. The molecule has 3 aliphatic carbocycles. The molecule has 1 spiro atoms. The highest BCUT2D eigenvalue weighted by Gasteiger charge is 2.54. The van der Waals surface area contributed by atoms with Crippen LogP contribution in [0.4, 0.5) is 17.1 Å². The Hall–Kier alpha value is -7.63. The van der Waals surface area contributed by atoms with Crippen LogP contribution in [0, 0.1) is 0 Å². The molecule has 5 nitrogen and oxygen atoms in total. The van der Waals surface area contributed by atoms with Crippen LogP contribution in [0.2, 0.25) is 0 Å². The number of benzene rings is 7. The molecule has 5 heteroatoms. The predicted octanol–water partition coefficient (Wildman–Crippen LogP) is 15.7. The van der Waals surface area contributed by atoms with Gasteiger partial charge in [0.1, 0.15) is 5.82 Å². The second-order valence-electron chi connectivity index (χ2n) is 21.1. The first-order valence-electron chi connectivity index (χ1n) is 24.0. The number of aromatic nitrogens is 4. The lowest BCUT2D eigenvalue weighted by molar-refractivity contribution is 0.551. The van der Waals surface area contributed by atoms with Gasteiger partial charge in [-0.05, 0) is 106 Å². The fraction of sp³-hybridized carbons (Fsp3) is 0.190. The Bertz CT molecular complexity index is 3400. The fourth-order valence-corrected chi connectivity index (χ4v) is 11.2. The van der Waals surface area contributed by atoms with Gasteiger partial charge >= 0.3 is 0 Å². The molecular formula is C63H55N5. The van der Waals surface area contributed by atoms with Gasteiger partial charge in [-0.15, -0.1) is 0 Å². The van der Waals surface area contributed by atoms with Crippen molar-refractivity contribution in [1.82, 2.24) is 19.5 Å². The lowest BCUT2D eigenvalue weighted by Crippen LogP contribution is -2.25. The monoisotopic (exact) mass is 881 g/mol. The van der Waals surface area contributed by atoms with Crippen molar-refractivity contribution in [2.45, 2.75) is 76.5 Å². The van der Waals surface area contributed by atoms with Crippen LogP contribution in [-0.2, 0) is 21.7 Å². The van der Waals surface area contributed by atoms with Crippen LogP contribution in [-0.4, -0.2) is 19.5 Å². The zero-order valence-corrected chi connectivity index (χ0v) is 39.9. The maximum Gasteiger partial charge on any atom is 0.238 e. The van der Waals surface area contributed by atoms with E-state index in [2.05, 4.69) is 246 Å². The second-order valence-corrected chi connectivity index (χ2v) is 21.1. The molecule has 332 valence electrons. The van der Waals surface area contributed by atoms with Crippen LogP contribution < -0.4 is 4.90 Å². The summed E-state index contributed by atoms with van der Waals surface area (Å²) in [6.45, 7) is 15.9. The molecule has 7 aromatic carbocycles. The molecule has 2 heterocycles. The van der Waals surface area contributed by atoms with Gasteiger partial charge in [0.25, 0.3) is 0 Å². The molecule has 0 N–H and O–H groups in total. The lowest BCUT2D eigenvalue weighted by atomic mass is 9.70. The Morgan fingerprint density at radius 3 is 1.62 bits per heavy atom. The maximum absolute atomic E-state index is 5.55. The average molecular weight is 882 g/mol. The summed E-state index contributed by atoms with van der Waals surface area (Å²) in [5, 5.41) is 1.15. The summed E-state index contributed by atoms with van der Waals surface area (Å²) < 4.78 is 2.36. The van der Waals surface area contributed by atoms with Crippen LogP contribution in [0.15, 0.2) is 194 Å². The third kappa shape index (κ3) is 6.32. The van der Waals surface area contributed by atoms with Gasteiger partial charge in [-0.1, -0.05) is 193 Å². The predicted molar refractivity (Wildman–Crippen MR) is 281 cm³/mol. The van der Waals surface area contributed by atoms with E-state index in [0.29, 0.717) is 11.8 Å². The third-order valence-corrected chi connectivity index (χ3v) is 14.7. The van der Waals surface area contributed by atoms with Crippen molar-refractivity contribution in [3.05, 3.63) is 233 Å². The molecule has 1 unspecified atom stereocenters. The minimum absolute atomic E-state index is 0.0218. The van der Waals surface area contributed by atoms with Gasteiger partial charge in [0, 0.05) is 44.6 Å². The minimum atomic E-state index is -0.615. The van der Waals surface area contributed by atoms with E-state index in [0.717, 1.165) is 51.5 Å². The molecule has 68 heavy (non-hydrogen) atoms. The lowest BCUT2D eigenvalue weighted by Gasteiger charge is -2.31. The van der Waals surface area contributed by atoms with Crippen molar-refractivity contribution in [3.8, 4) is 39.7 Å². The molecule has 0 saturated carbocycles. The first-order valence-corrected chi connectivity index (χ1v) is 24.0. The van der Waals surface area contributed by atoms with Crippen LogP contribution in [0.1, 0.15) is 94.1 Å². The largest absolute Gasteiger partial charge is 0.310 e. The van der Waals surface area contributed by atoms with Gasteiger partial charge in [0.2, 0.25) is 5.95 Å². The van der Waals surface area contributed by atoms with Crippen LogP contribution in [0.3, 0.4) is 0 Å². The van der Waals surface area contributed by atoms with Gasteiger partial charge in [-0.3, -0.25) is 4.57 Å². The van der Waals surface area contributed by atoms with Crippen LogP contribution in [0.5, 0.6) is 0 Å². The SMILES string of the molecule is CC(C)(C)c1ccc(N(c2ccc(C(C)(C)C)cc2)c2ccc3c(c2)c2c(n3-c3nc(-c4ccccc4)nc(C4(C)C=CC=CC4)n3)-c3ccccc3C23c2ccccc2-c2ccccc23)cc1. The molecule has 0 aliphatic heterocycles. The summed E-state index contributed by atoms with van der Waals surface area (Å²) in [4.78, 5) is 18.7. The van der Waals surface area contributed by atoms with E-state index in [1.54, 1.807) is 0 Å². The fourth-order valence-electron chi connectivity index (χ4n) is 11.2. The molecule has 9 aromatic rings. The van der Waals surface area contributed by atoms with Crippen LogP contribution >= 0.6 is 0 Å². The van der Waals surface area contributed by atoms with Gasteiger partial charge in [0.15, 0.2) is 5.82 Å². The summed E-state index contributed by atoms with van der Waals surface area (Å²) >= 11 is 0. The number of allylic oxidation sites excluding steroid dienone is 4. The summed E-state index contributed by atoms with van der Waals surface area (Å²) in [6.07, 6.45) is 9.47. The Balaban J connectivity index is 1.20. The van der Waals surface area contributed by atoms with Crippen molar-refractivity contribution in [2.75, 3.05) is 4.90 Å². The zero-order chi connectivity index (χ0) is 46.6. The standard InChI is InChI=1S/C63H55N5/c1-60(2,3)42-28-32-44(33-29-42)67(45-34-30-43(31-35-45)61(4,5)6)46-36-37-54-50(40-46)55-56(49-24-14-17-27-53(49)63(55)51-25-15-12-22-47(51)48-23-13-16-26-52(48)63)68(54)59-65-57(41-20-10-8-11-21-41)64-58(66-59)62(7)38-18-9-19-39-62/h8-38,40H,39H2,1-7H3. The molecule has 0 radical (unpaired) electrons. The minimum Gasteiger partial charge on any atom is -0.310 e. The molecule has 0 bridgehead atoms. The molecule has 3 aliphatic rings. The number of anilines is 3. The Morgan fingerprint density at radius 2 is 1.06 bits per heavy atom. The first-order chi connectivity index (χ1) is 32.8. The average Bonchev–Trinajstić information content (AvgIpc) is 3.96. The van der Waals surface area contributed by atoms with E-state index in [4.69, 9.17) is 15.0 Å². The molecular weight excluding hydrogens is 827 g/mol. The summed E-state index contributed by atoms with van der Waals surface area (Å²) in [5.74, 6) is 2.01. The second kappa shape index (κ2) is 15.2. The highest BCUT2D eigenvalue weighted by Crippen LogP contribution is 2.65. The third-order valence-electron chi connectivity index (χ3n) is 14.7. The quantitative estimate of drug-likeness (QED) is 0.167. The first kappa shape index (κ1) is 41.8. The molecule has 0 fully saturated rings. The number of hydrogen-bond donors (Lipinski definition) is 0. The highest BCUT2D eigenvalue weighted by molar-refractivity contribution is 6.06. The van der Waals surface area contributed by atoms with Crippen molar-refractivity contribution < 1.29 is 0 Å². The maximum atomic E-state index is 5.55. The Morgan fingerprint density at radius 1 is 0.529 bits per heavy atom. The van der Waals surface area contributed by atoms with Gasteiger partial charge in [0.05, 0.1) is 16.6 Å². The number of hydrogen-bond acceptors (Lipinski definition) is 4. The molecule has 0 saturated heterocycles. The molecule has 12 rings (SSSR count). The van der Waals surface area contributed by atoms with Gasteiger partial charge in [-0.25, -0.2) is 4.98 Å². The van der Waals surface area contributed by atoms with E-state index in [1.165, 1.54) is 50.1 Å². The van der Waals surface area contributed by atoms with Crippen molar-refractivity contribution in [1.29, 1.82) is 0 Å². The van der Waals surface area contributed by atoms with Crippen molar-refractivity contribution in [3.63, 3.8) is 0 Å². The van der Waals surface area contributed by atoms with Crippen molar-refractivity contribution >= 4 is 28.0 Å². The van der Waals surface area contributed by atoms with E-state index >= 15 is 0 Å². The van der Waals surface area contributed by atoms with Crippen LogP contribution in [0.25, 0.3) is 50.6 Å². The Labute approximate surface area is 400 Å². The normalized spacial score (nSPS) is 16.5. The van der Waals surface area contributed by atoms with E-state index in [9.17, 15) is 0 Å². The molecule has 1 atom stereocenters. The Kier molecular flexibility index (Phi) is 9.34. The summed E-state index contributed by atoms with van der Waals surface area (Å²) in [7, 11) is 0. The summed E-state index contributed by atoms with van der Waals surface area (Å²) in [5.41, 5.74) is 16.8.